The van der Waals surface area contributed by atoms with Crippen LogP contribution >= 0.6 is 0 Å². The van der Waals surface area contributed by atoms with Crippen molar-refractivity contribution in [2.24, 2.45) is 5.92 Å². The summed E-state index contributed by atoms with van der Waals surface area (Å²) in [6.07, 6.45) is 2.40. The molecule has 2 nitrogen and oxygen atoms in total. The van der Waals surface area contributed by atoms with Crippen LogP contribution < -0.4 is 5.32 Å². The van der Waals surface area contributed by atoms with Gasteiger partial charge < -0.3 is 10.2 Å². The van der Waals surface area contributed by atoms with E-state index in [0.717, 1.165) is 19.6 Å². The number of nitrogens with zero attached hydrogens (tertiary/aromatic N) is 1. The van der Waals surface area contributed by atoms with E-state index in [1.165, 1.54) is 18.4 Å². The quantitative estimate of drug-likeness (QED) is 0.683. The van der Waals surface area contributed by atoms with Gasteiger partial charge in [-0.3, -0.25) is 0 Å². The van der Waals surface area contributed by atoms with Gasteiger partial charge >= 0.3 is 0 Å². The summed E-state index contributed by atoms with van der Waals surface area (Å²) >= 11 is 0. The van der Waals surface area contributed by atoms with Crippen molar-refractivity contribution >= 4 is 0 Å². The van der Waals surface area contributed by atoms with Gasteiger partial charge in [-0.25, -0.2) is 0 Å². The molecule has 0 spiro atoms. The predicted octanol–water partition coefficient (Wildman–Crippen LogP) is 4.48. The average Bonchev–Trinajstić information content (AvgIpc) is 2.53. The van der Waals surface area contributed by atoms with E-state index in [2.05, 4.69) is 75.2 Å². The van der Waals surface area contributed by atoms with Crippen LogP contribution in [0.5, 0.6) is 0 Å². The molecule has 1 aromatic carbocycles. The van der Waals surface area contributed by atoms with Crippen molar-refractivity contribution in [2.45, 2.75) is 59.5 Å². The number of rotatable bonds is 10. The molecule has 1 N–H and O–H groups in total. The third-order valence-corrected chi connectivity index (χ3v) is 4.48. The summed E-state index contributed by atoms with van der Waals surface area (Å²) in [5, 5.41) is 3.75. The standard InChI is InChI=1S/C19H34N2/c1-6-14-20-19(18-12-10-9-11-13-18)16(4)15-21(8-3)17(5)7-2/h9-13,16-17,19-20H,6-8,14-15H2,1-5H3. The summed E-state index contributed by atoms with van der Waals surface area (Å²) in [6, 6.07) is 12.0. The molecule has 0 aliphatic rings. The van der Waals surface area contributed by atoms with Crippen molar-refractivity contribution in [3.63, 3.8) is 0 Å². The van der Waals surface area contributed by atoms with Crippen molar-refractivity contribution in [1.82, 2.24) is 10.2 Å². The van der Waals surface area contributed by atoms with Crippen molar-refractivity contribution in [3.05, 3.63) is 35.9 Å². The van der Waals surface area contributed by atoms with Crippen LogP contribution in [0.4, 0.5) is 0 Å². The largest absolute Gasteiger partial charge is 0.310 e. The molecule has 120 valence electrons. The van der Waals surface area contributed by atoms with Crippen LogP contribution in [0.25, 0.3) is 0 Å². The Balaban J connectivity index is 2.77. The smallest absolute Gasteiger partial charge is 0.0358 e. The highest BCUT2D eigenvalue weighted by atomic mass is 15.1. The van der Waals surface area contributed by atoms with Crippen molar-refractivity contribution in [3.8, 4) is 0 Å². The topological polar surface area (TPSA) is 15.3 Å². The Kier molecular flexibility index (Phi) is 8.63. The van der Waals surface area contributed by atoms with Crippen LogP contribution in [-0.4, -0.2) is 30.6 Å². The zero-order valence-corrected chi connectivity index (χ0v) is 14.6. The third-order valence-electron chi connectivity index (χ3n) is 4.48. The van der Waals surface area contributed by atoms with Crippen molar-refractivity contribution in [2.75, 3.05) is 19.6 Å². The molecule has 1 rings (SSSR count). The van der Waals surface area contributed by atoms with Gasteiger partial charge in [0.05, 0.1) is 0 Å². The monoisotopic (exact) mass is 290 g/mol. The van der Waals surface area contributed by atoms with Crippen LogP contribution in [0.2, 0.25) is 0 Å². The summed E-state index contributed by atoms with van der Waals surface area (Å²) in [6.45, 7) is 14.9. The number of hydrogen-bond donors (Lipinski definition) is 1. The molecule has 0 radical (unpaired) electrons. The van der Waals surface area contributed by atoms with E-state index >= 15 is 0 Å². The van der Waals surface area contributed by atoms with Crippen LogP contribution in [0.15, 0.2) is 30.3 Å². The van der Waals surface area contributed by atoms with Gasteiger partial charge in [0.25, 0.3) is 0 Å². The molecule has 0 amide bonds. The lowest BCUT2D eigenvalue weighted by Crippen LogP contribution is -2.40. The fourth-order valence-corrected chi connectivity index (χ4v) is 2.96. The van der Waals surface area contributed by atoms with E-state index in [9.17, 15) is 0 Å². The Morgan fingerprint density at radius 3 is 2.24 bits per heavy atom. The Morgan fingerprint density at radius 2 is 1.71 bits per heavy atom. The van der Waals surface area contributed by atoms with Crippen LogP contribution in [0, 0.1) is 5.92 Å². The first kappa shape index (κ1) is 18.2. The zero-order chi connectivity index (χ0) is 15.7. The van der Waals surface area contributed by atoms with Crippen LogP contribution in [-0.2, 0) is 0 Å². The molecule has 3 unspecified atom stereocenters. The molecule has 21 heavy (non-hydrogen) atoms. The van der Waals surface area contributed by atoms with Gasteiger partial charge in [0, 0.05) is 18.6 Å². The molecular weight excluding hydrogens is 256 g/mol. The molecule has 0 bridgehead atoms. The Labute approximate surface area is 131 Å². The minimum absolute atomic E-state index is 0.448. The molecule has 0 saturated carbocycles. The van der Waals surface area contributed by atoms with Gasteiger partial charge in [-0.2, -0.15) is 0 Å². The minimum atomic E-state index is 0.448. The lowest BCUT2D eigenvalue weighted by atomic mass is 9.93. The summed E-state index contributed by atoms with van der Waals surface area (Å²) in [5.74, 6) is 0.605. The summed E-state index contributed by atoms with van der Waals surface area (Å²) in [7, 11) is 0. The molecule has 0 aliphatic carbocycles. The van der Waals surface area contributed by atoms with Crippen molar-refractivity contribution < 1.29 is 0 Å². The van der Waals surface area contributed by atoms with Gasteiger partial charge in [0.15, 0.2) is 0 Å². The second-order valence-corrected chi connectivity index (χ2v) is 6.16. The number of benzene rings is 1. The normalized spacial score (nSPS) is 15.9. The fraction of sp³-hybridized carbons (Fsp3) is 0.684. The molecule has 0 aromatic heterocycles. The highest BCUT2D eigenvalue weighted by Gasteiger charge is 2.22. The van der Waals surface area contributed by atoms with E-state index in [0.29, 0.717) is 18.0 Å². The summed E-state index contributed by atoms with van der Waals surface area (Å²) in [4.78, 5) is 2.61. The summed E-state index contributed by atoms with van der Waals surface area (Å²) in [5.41, 5.74) is 1.42. The lowest BCUT2D eigenvalue weighted by Gasteiger charge is -2.34. The molecule has 0 fully saturated rings. The van der Waals surface area contributed by atoms with Crippen LogP contribution in [0.3, 0.4) is 0 Å². The average molecular weight is 290 g/mol. The fourth-order valence-electron chi connectivity index (χ4n) is 2.96. The number of nitrogens with one attached hydrogen (secondary N) is 1. The second kappa shape index (κ2) is 9.97. The highest BCUT2D eigenvalue weighted by Crippen LogP contribution is 2.23. The molecule has 1 aromatic rings. The van der Waals surface area contributed by atoms with Crippen molar-refractivity contribution in [1.29, 1.82) is 0 Å². The molecule has 0 saturated heterocycles. The van der Waals surface area contributed by atoms with Crippen LogP contribution in [0.1, 0.15) is 59.1 Å². The Morgan fingerprint density at radius 1 is 1.05 bits per heavy atom. The summed E-state index contributed by atoms with van der Waals surface area (Å²) < 4.78 is 0. The maximum Gasteiger partial charge on any atom is 0.0358 e. The van der Waals surface area contributed by atoms with Gasteiger partial charge in [0.2, 0.25) is 0 Å². The maximum atomic E-state index is 3.75. The molecular formula is C19H34N2. The van der Waals surface area contributed by atoms with Gasteiger partial charge in [0.1, 0.15) is 0 Å². The SMILES string of the molecule is CCCNC(c1ccccc1)C(C)CN(CC)C(C)CC. The maximum absolute atomic E-state index is 3.75. The van der Waals surface area contributed by atoms with Gasteiger partial charge in [-0.15, -0.1) is 0 Å². The number of hydrogen-bond acceptors (Lipinski definition) is 2. The van der Waals surface area contributed by atoms with Gasteiger partial charge in [-0.1, -0.05) is 58.0 Å². The highest BCUT2D eigenvalue weighted by molar-refractivity contribution is 5.19. The molecule has 2 heteroatoms. The Bertz CT molecular complexity index is 363. The third kappa shape index (κ3) is 5.80. The van der Waals surface area contributed by atoms with E-state index in [-0.39, 0.29) is 0 Å². The van der Waals surface area contributed by atoms with E-state index in [4.69, 9.17) is 0 Å². The first-order chi connectivity index (χ1) is 10.1. The first-order valence-corrected chi connectivity index (χ1v) is 8.66. The Hall–Kier alpha value is -0.860. The second-order valence-electron chi connectivity index (χ2n) is 6.16. The van der Waals surface area contributed by atoms with E-state index < -0.39 is 0 Å². The first-order valence-electron chi connectivity index (χ1n) is 8.66. The predicted molar refractivity (Wildman–Crippen MR) is 93.6 cm³/mol. The molecule has 0 aliphatic heterocycles. The lowest BCUT2D eigenvalue weighted by molar-refractivity contribution is 0.168. The van der Waals surface area contributed by atoms with E-state index in [1.54, 1.807) is 0 Å². The molecule has 0 heterocycles. The minimum Gasteiger partial charge on any atom is -0.310 e. The molecule has 3 atom stereocenters. The van der Waals surface area contributed by atoms with E-state index in [1.807, 2.05) is 0 Å². The van der Waals surface area contributed by atoms with Gasteiger partial charge in [-0.05, 0) is 44.3 Å². The zero-order valence-electron chi connectivity index (χ0n) is 14.6.